The van der Waals surface area contributed by atoms with E-state index in [0.29, 0.717) is 12.5 Å². The molecule has 1 aromatic carbocycles. The van der Waals surface area contributed by atoms with Gasteiger partial charge in [-0.1, -0.05) is 18.2 Å². The van der Waals surface area contributed by atoms with Gasteiger partial charge in [-0.15, -0.1) is 0 Å². The summed E-state index contributed by atoms with van der Waals surface area (Å²) >= 11 is 0. The Morgan fingerprint density at radius 2 is 2.10 bits per heavy atom. The molecule has 0 atom stereocenters. The minimum atomic E-state index is -0.743. The largest absolute Gasteiger partial charge is 0.480 e. The quantitative estimate of drug-likeness (QED) is 0.888. The van der Waals surface area contributed by atoms with Gasteiger partial charge in [0, 0.05) is 36.7 Å². The third-order valence-electron chi connectivity index (χ3n) is 4.45. The molecule has 1 N–H and O–H groups in total. The monoisotopic (exact) mass is 286 g/mol. The summed E-state index contributed by atoms with van der Waals surface area (Å²) in [6.45, 7) is 3.86. The fourth-order valence-electron chi connectivity index (χ4n) is 3.11. The van der Waals surface area contributed by atoms with Crippen LogP contribution in [-0.2, 0) is 18.4 Å². The third-order valence-corrected chi connectivity index (χ3v) is 4.45. The Hall–Kier alpha value is -1.81. The van der Waals surface area contributed by atoms with Crippen molar-refractivity contribution in [3.63, 3.8) is 0 Å². The van der Waals surface area contributed by atoms with Gasteiger partial charge in [-0.3, -0.25) is 9.69 Å². The van der Waals surface area contributed by atoms with Crippen LogP contribution in [0.25, 0.3) is 10.9 Å². The topological polar surface area (TPSA) is 45.5 Å². The van der Waals surface area contributed by atoms with Crippen molar-refractivity contribution < 1.29 is 9.90 Å². The molecule has 0 radical (unpaired) electrons. The summed E-state index contributed by atoms with van der Waals surface area (Å²) in [5.74, 6) is -0.0496. The van der Waals surface area contributed by atoms with Gasteiger partial charge in [0.1, 0.15) is 0 Å². The van der Waals surface area contributed by atoms with E-state index in [1.807, 2.05) is 6.07 Å². The number of fused-ring (bicyclic) bond motifs is 1. The van der Waals surface area contributed by atoms with Crippen molar-refractivity contribution in [3.8, 4) is 0 Å². The zero-order valence-electron chi connectivity index (χ0n) is 12.7. The lowest BCUT2D eigenvalue weighted by Crippen LogP contribution is -2.32. The lowest BCUT2D eigenvalue weighted by molar-refractivity contribution is -0.138. The molecule has 1 aliphatic carbocycles. The molecule has 1 aromatic heterocycles. The van der Waals surface area contributed by atoms with Crippen LogP contribution in [0.1, 0.15) is 24.1 Å². The van der Waals surface area contributed by atoms with Gasteiger partial charge >= 0.3 is 5.97 Å². The number of nitrogens with zero attached hydrogens (tertiary/aromatic N) is 2. The van der Waals surface area contributed by atoms with Gasteiger partial charge in [0.2, 0.25) is 0 Å². The second kappa shape index (κ2) is 5.53. The van der Waals surface area contributed by atoms with Gasteiger partial charge in [0.25, 0.3) is 0 Å². The average molecular weight is 286 g/mol. The number of carbonyl (C=O) groups is 1. The summed E-state index contributed by atoms with van der Waals surface area (Å²) in [5, 5.41) is 10.4. The van der Waals surface area contributed by atoms with Gasteiger partial charge in [-0.25, -0.2) is 0 Å². The Morgan fingerprint density at radius 3 is 2.71 bits per heavy atom. The Labute approximate surface area is 125 Å². The molecule has 1 saturated carbocycles. The fraction of sp³-hybridized carbons (Fsp3) is 0.471. The van der Waals surface area contributed by atoms with Gasteiger partial charge in [0.05, 0.1) is 6.54 Å². The standard InChI is InChI=1S/C17H22N2O2/c1-12-14-5-3-4-6-15(14)18(2)16(12)10-19(11-17(20)21)9-13-7-8-13/h3-6,13H,7-11H2,1-2H3,(H,20,21). The predicted molar refractivity (Wildman–Crippen MR) is 83.3 cm³/mol. The molecule has 21 heavy (non-hydrogen) atoms. The molecule has 0 saturated heterocycles. The molecule has 1 aliphatic rings. The van der Waals surface area contributed by atoms with Gasteiger partial charge < -0.3 is 9.67 Å². The smallest absolute Gasteiger partial charge is 0.317 e. The van der Waals surface area contributed by atoms with E-state index in [4.69, 9.17) is 5.11 Å². The Bertz CT molecular complexity index is 632. The maximum absolute atomic E-state index is 11.1. The van der Waals surface area contributed by atoms with E-state index in [0.717, 1.165) is 6.54 Å². The number of hydrogen-bond donors (Lipinski definition) is 1. The summed E-state index contributed by atoms with van der Waals surface area (Å²) in [4.78, 5) is 13.2. The minimum Gasteiger partial charge on any atom is -0.480 e. The van der Waals surface area contributed by atoms with E-state index in [1.54, 1.807) is 0 Å². The second-order valence-electron chi connectivity index (χ2n) is 6.15. The van der Waals surface area contributed by atoms with Crippen molar-refractivity contribution in [2.45, 2.75) is 26.3 Å². The first-order chi connectivity index (χ1) is 10.1. The van der Waals surface area contributed by atoms with Crippen molar-refractivity contribution in [2.24, 2.45) is 13.0 Å². The molecule has 4 heteroatoms. The van der Waals surface area contributed by atoms with Crippen LogP contribution in [0.5, 0.6) is 0 Å². The molecular formula is C17H22N2O2. The number of para-hydroxylation sites is 1. The number of aromatic nitrogens is 1. The molecule has 0 unspecified atom stereocenters. The molecule has 0 spiro atoms. The van der Waals surface area contributed by atoms with E-state index in [1.165, 1.54) is 35.0 Å². The summed E-state index contributed by atoms with van der Waals surface area (Å²) in [6, 6.07) is 8.36. The summed E-state index contributed by atoms with van der Waals surface area (Å²) < 4.78 is 2.20. The molecule has 1 fully saturated rings. The summed E-state index contributed by atoms with van der Waals surface area (Å²) in [5.41, 5.74) is 3.70. The normalized spacial score (nSPS) is 15.0. The predicted octanol–water partition coefficient (Wildman–Crippen LogP) is 2.78. The number of aliphatic carboxylic acids is 1. The van der Waals surface area contributed by atoms with E-state index < -0.39 is 5.97 Å². The molecule has 4 nitrogen and oxygen atoms in total. The zero-order chi connectivity index (χ0) is 15.0. The van der Waals surface area contributed by atoms with Crippen LogP contribution < -0.4 is 0 Å². The highest BCUT2D eigenvalue weighted by atomic mass is 16.4. The lowest BCUT2D eigenvalue weighted by atomic mass is 10.1. The SMILES string of the molecule is Cc1c(CN(CC(=O)O)CC2CC2)n(C)c2ccccc12. The number of rotatable bonds is 6. The molecule has 0 aliphatic heterocycles. The first-order valence-electron chi connectivity index (χ1n) is 7.53. The lowest BCUT2D eigenvalue weighted by Gasteiger charge is -2.21. The highest BCUT2D eigenvalue weighted by Crippen LogP contribution is 2.31. The van der Waals surface area contributed by atoms with E-state index in [2.05, 4.69) is 41.6 Å². The number of carboxylic acid groups (broad SMARTS) is 1. The van der Waals surface area contributed by atoms with Crippen LogP contribution in [-0.4, -0.2) is 33.6 Å². The molecule has 0 amide bonds. The van der Waals surface area contributed by atoms with Crippen molar-refractivity contribution in [3.05, 3.63) is 35.5 Å². The molecular weight excluding hydrogens is 264 g/mol. The second-order valence-corrected chi connectivity index (χ2v) is 6.15. The highest BCUT2D eigenvalue weighted by Gasteiger charge is 2.26. The average Bonchev–Trinajstić information content (AvgIpc) is 3.22. The molecule has 0 bridgehead atoms. The molecule has 2 aromatic rings. The van der Waals surface area contributed by atoms with Crippen LogP contribution in [0, 0.1) is 12.8 Å². The van der Waals surface area contributed by atoms with Crippen LogP contribution in [0.4, 0.5) is 0 Å². The maximum Gasteiger partial charge on any atom is 0.317 e. The number of benzene rings is 1. The number of hydrogen-bond acceptors (Lipinski definition) is 2. The Kier molecular flexibility index (Phi) is 3.72. The molecule has 3 rings (SSSR count). The summed E-state index contributed by atoms with van der Waals surface area (Å²) in [7, 11) is 2.07. The van der Waals surface area contributed by atoms with Crippen LogP contribution in [0.15, 0.2) is 24.3 Å². The van der Waals surface area contributed by atoms with Crippen LogP contribution >= 0.6 is 0 Å². The van der Waals surface area contributed by atoms with Crippen molar-refractivity contribution in [1.29, 1.82) is 0 Å². The van der Waals surface area contributed by atoms with Crippen molar-refractivity contribution in [1.82, 2.24) is 9.47 Å². The third kappa shape index (κ3) is 2.95. The Morgan fingerprint density at radius 1 is 1.38 bits per heavy atom. The highest BCUT2D eigenvalue weighted by molar-refractivity contribution is 5.85. The van der Waals surface area contributed by atoms with Crippen molar-refractivity contribution >= 4 is 16.9 Å². The van der Waals surface area contributed by atoms with Crippen LogP contribution in [0.2, 0.25) is 0 Å². The zero-order valence-corrected chi connectivity index (χ0v) is 12.7. The Balaban J connectivity index is 1.89. The van der Waals surface area contributed by atoms with Gasteiger partial charge in [-0.05, 0) is 37.3 Å². The van der Waals surface area contributed by atoms with Gasteiger partial charge in [0.15, 0.2) is 0 Å². The van der Waals surface area contributed by atoms with E-state index in [9.17, 15) is 4.79 Å². The van der Waals surface area contributed by atoms with E-state index in [-0.39, 0.29) is 6.54 Å². The first-order valence-corrected chi connectivity index (χ1v) is 7.53. The van der Waals surface area contributed by atoms with Crippen molar-refractivity contribution in [2.75, 3.05) is 13.1 Å². The summed E-state index contributed by atoms with van der Waals surface area (Å²) in [6.07, 6.45) is 2.48. The first kappa shape index (κ1) is 14.1. The molecule has 112 valence electrons. The number of aryl methyl sites for hydroxylation is 2. The van der Waals surface area contributed by atoms with Gasteiger partial charge in [-0.2, -0.15) is 0 Å². The maximum atomic E-state index is 11.1. The number of carboxylic acids is 1. The van der Waals surface area contributed by atoms with E-state index >= 15 is 0 Å². The minimum absolute atomic E-state index is 0.122. The fourth-order valence-corrected chi connectivity index (χ4v) is 3.11. The van der Waals surface area contributed by atoms with Crippen LogP contribution in [0.3, 0.4) is 0 Å². The molecule has 1 heterocycles.